The minimum Gasteiger partial charge on any atom is -0.339 e. The molecule has 0 bridgehead atoms. The number of carbonyl (C=O) groups excluding carboxylic acids is 1. The molecule has 2 fully saturated rings. The van der Waals surface area contributed by atoms with Crippen molar-refractivity contribution in [3.05, 3.63) is 28.8 Å². The van der Waals surface area contributed by atoms with Crippen LogP contribution in [0, 0.1) is 0 Å². The Morgan fingerprint density at radius 1 is 1.08 bits per heavy atom. The van der Waals surface area contributed by atoms with Crippen molar-refractivity contribution in [2.45, 2.75) is 62.3 Å². The van der Waals surface area contributed by atoms with Gasteiger partial charge in [-0.1, -0.05) is 37.3 Å². The van der Waals surface area contributed by atoms with Gasteiger partial charge in [-0.2, -0.15) is 4.31 Å². The molecule has 1 amide bonds. The number of amides is 1. The van der Waals surface area contributed by atoms with Crippen LogP contribution in [0.5, 0.6) is 0 Å². The number of benzene rings is 1. The number of hydrogen-bond acceptors (Lipinski definition) is 3. The van der Waals surface area contributed by atoms with E-state index in [1.165, 1.54) is 16.4 Å². The standard InChI is InChI=1S/C19H27ClN2O3S/c1-21(16-8-4-5-9-16)19(23)15-10-11-17(20)18(14-15)26(24,25)22-12-6-2-3-7-13-22/h10-11,14,16H,2-9,12-13H2,1H3. The number of halogens is 1. The van der Waals surface area contributed by atoms with Crippen LogP contribution in [0.2, 0.25) is 5.02 Å². The summed E-state index contributed by atoms with van der Waals surface area (Å²) in [7, 11) is -1.88. The Bertz CT molecular complexity index is 752. The van der Waals surface area contributed by atoms with Crippen molar-refractivity contribution in [3.8, 4) is 0 Å². The number of rotatable bonds is 4. The second-order valence-corrected chi connectivity index (χ2v) is 9.63. The highest BCUT2D eigenvalue weighted by molar-refractivity contribution is 7.89. The third kappa shape index (κ3) is 4.07. The highest BCUT2D eigenvalue weighted by atomic mass is 35.5. The fraction of sp³-hybridized carbons (Fsp3) is 0.632. The molecule has 3 rings (SSSR count). The maximum atomic E-state index is 13.1. The van der Waals surface area contributed by atoms with E-state index < -0.39 is 10.0 Å². The van der Waals surface area contributed by atoms with Crippen molar-refractivity contribution < 1.29 is 13.2 Å². The molecule has 0 N–H and O–H groups in total. The monoisotopic (exact) mass is 398 g/mol. The third-order valence-electron chi connectivity index (χ3n) is 5.55. The lowest BCUT2D eigenvalue weighted by atomic mass is 10.1. The smallest absolute Gasteiger partial charge is 0.253 e. The van der Waals surface area contributed by atoms with Crippen LogP contribution < -0.4 is 0 Å². The topological polar surface area (TPSA) is 57.7 Å². The lowest BCUT2D eigenvalue weighted by Crippen LogP contribution is -2.35. The van der Waals surface area contributed by atoms with Crippen LogP contribution in [0.4, 0.5) is 0 Å². The fourth-order valence-corrected chi connectivity index (χ4v) is 5.93. The minimum atomic E-state index is -3.69. The van der Waals surface area contributed by atoms with E-state index in [-0.39, 0.29) is 21.9 Å². The summed E-state index contributed by atoms with van der Waals surface area (Å²) < 4.78 is 27.7. The van der Waals surface area contributed by atoms with Crippen molar-refractivity contribution in [2.75, 3.05) is 20.1 Å². The average Bonchev–Trinajstić information content (AvgIpc) is 3.02. The summed E-state index contributed by atoms with van der Waals surface area (Å²) in [6.45, 7) is 1.03. The fourth-order valence-electron chi connectivity index (χ4n) is 3.92. The van der Waals surface area contributed by atoms with Gasteiger partial charge in [0.2, 0.25) is 10.0 Å². The van der Waals surface area contributed by atoms with E-state index in [0.29, 0.717) is 18.7 Å². The van der Waals surface area contributed by atoms with E-state index in [9.17, 15) is 13.2 Å². The Kier molecular flexibility index (Phi) is 6.25. The van der Waals surface area contributed by atoms with Gasteiger partial charge in [0.25, 0.3) is 5.91 Å². The first-order valence-electron chi connectivity index (χ1n) is 9.48. The molecule has 1 aliphatic heterocycles. The zero-order valence-electron chi connectivity index (χ0n) is 15.3. The van der Waals surface area contributed by atoms with Gasteiger partial charge in [-0.05, 0) is 43.9 Å². The van der Waals surface area contributed by atoms with Crippen LogP contribution in [0.15, 0.2) is 23.1 Å². The predicted molar refractivity (Wildman–Crippen MR) is 103 cm³/mol. The maximum absolute atomic E-state index is 13.1. The minimum absolute atomic E-state index is 0.0479. The number of carbonyl (C=O) groups is 1. The first-order chi connectivity index (χ1) is 12.4. The Morgan fingerprint density at radius 2 is 1.69 bits per heavy atom. The van der Waals surface area contributed by atoms with E-state index in [2.05, 4.69) is 0 Å². The van der Waals surface area contributed by atoms with Crippen LogP contribution in [-0.2, 0) is 10.0 Å². The molecular formula is C19H27ClN2O3S. The molecule has 0 aromatic heterocycles. The quantitative estimate of drug-likeness (QED) is 0.772. The largest absolute Gasteiger partial charge is 0.339 e. The summed E-state index contributed by atoms with van der Waals surface area (Å²) >= 11 is 6.22. The molecule has 1 aromatic rings. The summed E-state index contributed by atoms with van der Waals surface area (Å²) in [5.74, 6) is -0.138. The summed E-state index contributed by atoms with van der Waals surface area (Å²) in [6.07, 6.45) is 8.10. The SMILES string of the molecule is CN(C(=O)c1ccc(Cl)c(S(=O)(=O)N2CCCCCC2)c1)C1CCCC1. The van der Waals surface area contributed by atoms with Crippen molar-refractivity contribution >= 4 is 27.5 Å². The van der Waals surface area contributed by atoms with Crippen molar-refractivity contribution in [1.29, 1.82) is 0 Å². The number of hydrogen-bond donors (Lipinski definition) is 0. The Morgan fingerprint density at radius 3 is 2.31 bits per heavy atom. The molecule has 1 saturated carbocycles. The number of sulfonamides is 1. The molecule has 0 unspecified atom stereocenters. The van der Waals surface area contributed by atoms with E-state index >= 15 is 0 Å². The molecule has 5 nitrogen and oxygen atoms in total. The molecular weight excluding hydrogens is 372 g/mol. The maximum Gasteiger partial charge on any atom is 0.253 e. The van der Waals surface area contributed by atoms with E-state index in [1.807, 2.05) is 0 Å². The second kappa shape index (κ2) is 8.28. The molecule has 0 spiro atoms. The van der Waals surface area contributed by atoms with Gasteiger partial charge in [0.05, 0.1) is 5.02 Å². The van der Waals surface area contributed by atoms with E-state index in [4.69, 9.17) is 11.6 Å². The van der Waals surface area contributed by atoms with Crippen LogP contribution in [0.3, 0.4) is 0 Å². The predicted octanol–water partition coefficient (Wildman–Crippen LogP) is 3.92. The first kappa shape index (κ1) is 19.6. The van der Waals surface area contributed by atoms with Crippen molar-refractivity contribution in [1.82, 2.24) is 9.21 Å². The van der Waals surface area contributed by atoms with Crippen molar-refractivity contribution in [3.63, 3.8) is 0 Å². The zero-order valence-corrected chi connectivity index (χ0v) is 16.9. The van der Waals surface area contributed by atoms with Crippen LogP contribution in [0.25, 0.3) is 0 Å². The molecule has 26 heavy (non-hydrogen) atoms. The molecule has 0 radical (unpaired) electrons. The van der Waals surface area contributed by atoms with Crippen LogP contribution in [-0.4, -0.2) is 49.7 Å². The molecule has 2 aliphatic rings. The van der Waals surface area contributed by atoms with Gasteiger partial charge in [0, 0.05) is 31.7 Å². The molecule has 1 aliphatic carbocycles. The van der Waals surface area contributed by atoms with Gasteiger partial charge in [-0.25, -0.2) is 8.42 Å². The lowest BCUT2D eigenvalue weighted by Gasteiger charge is -2.25. The Labute approximate surface area is 161 Å². The van der Waals surface area contributed by atoms with Crippen LogP contribution in [0.1, 0.15) is 61.7 Å². The van der Waals surface area contributed by atoms with Crippen LogP contribution >= 0.6 is 11.6 Å². The highest BCUT2D eigenvalue weighted by Crippen LogP contribution is 2.29. The highest BCUT2D eigenvalue weighted by Gasteiger charge is 2.30. The average molecular weight is 399 g/mol. The van der Waals surface area contributed by atoms with Gasteiger partial charge >= 0.3 is 0 Å². The zero-order chi connectivity index (χ0) is 18.7. The van der Waals surface area contributed by atoms with E-state index in [0.717, 1.165) is 51.4 Å². The first-order valence-corrected chi connectivity index (χ1v) is 11.3. The molecule has 144 valence electrons. The summed E-state index contributed by atoms with van der Waals surface area (Å²) in [5, 5.41) is 0.175. The molecule has 7 heteroatoms. The van der Waals surface area contributed by atoms with Gasteiger partial charge in [-0.3, -0.25) is 4.79 Å². The normalized spacial score (nSPS) is 20.1. The van der Waals surface area contributed by atoms with Gasteiger partial charge in [-0.15, -0.1) is 0 Å². The Balaban J connectivity index is 1.88. The third-order valence-corrected chi connectivity index (χ3v) is 7.93. The second-order valence-electron chi connectivity index (χ2n) is 7.32. The van der Waals surface area contributed by atoms with Gasteiger partial charge in [0.15, 0.2) is 0 Å². The summed E-state index contributed by atoms with van der Waals surface area (Å²) in [4.78, 5) is 14.6. The van der Waals surface area contributed by atoms with Crippen molar-refractivity contribution in [2.24, 2.45) is 0 Å². The Hall–Kier alpha value is -1.11. The van der Waals surface area contributed by atoms with Gasteiger partial charge < -0.3 is 4.90 Å². The number of nitrogens with zero attached hydrogens (tertiary/aromatic N) is 2. The molecule has 1 aromatic carbocycles. The van der Waals surface area contributed by atoms with E-state index in [1.54, 1.807) is 18.0 Å². The lowest BCUT2D eigenvalue weighted by molar-refractivity contribution is 0.0735. The summed E-state index contributed by atoms with van der Waals surface area (Å²) in [6, 6.07) is 4.85. The summed E-state index contributed by atoms with van der Waals surface area (Å²) in [5.41, 5.74) is 0.386. The molecule has 1 saturated heterocycles. The molecule has 0 atom stereocenters. The van der Waals surface area contributed by atoms with Gasteiger partial charge in [0.1, 0.15) is 4.90 Å². The molecule has 1 heterocycles.